The summed E-state index contributed by atoms with van der Waals surface area (Å²) in [6.45, 7) is 3.70. The van der Waals surface area contributed by atoms with Crippen molar-refractivity contribution in [2.75, 3.05) is 11.9 Å². The van der Waals surface area contributed by atoms with E-state index in [1.807, 2.05) is 19.1 Å². The second kappa shape index (κ2) is 4.94. The molecule has 3 heteroatoms. The third-order valence-electron chi connectivity index (χ3n) is 2.72. The van der Waals surface area contributed by atoms with Crippen LogP contribution in [0, 0.1) is 0 Å². The van der Waals surface area contributed by atoms with Gasteiger partial charge in [0.25, 0.3) is 0 Å². The van der Waals surface area contributed by atoms with E-state index in [1.165, 1.54) is 11.1 Å². The molecule has 0 fully saturated rings. The highest BCUT2D eigenvalue weighted by atomic mass is 16.1. The Balaban J connectivity index is 2.24. The van der Waals surface area contributed by atoms with Crippen molar-refractivity contribution >= 4 is 11.6 Å². The molecule has 0 aromatic heterocycles. The monoisotopic (exact) mass is 216 g/mol. The predicted molar refractivity (Wildman–Crippen MR) is 65.3 cm³/mol. The molecule has 0 saturated heterocycles. The fraction of sp³-hybridized carbons (Fsp3) is 0.308. The first-order valence-electron chi connectivity index (χ1n) is 5.56. The van der Waals surface area contributed by atoms with Gasteiger partial charge in [0.2, 0.25) is 5.91 Å². The van der Waals surface area contributed by atoms with E-state index in [0.29, 0.717) is 0 Å². The molecule has 84 valence electrons. The summed E-state index contributed by atoms with van der Waals surface area (Å²) in [5.74, 6) is -0.0607. The molecule has 1 aromatic carbocycles. The van der Waals surface area contributed by atoms with Crippen LogP contribution in [0.1, 0.15) is 18.1 Å². The fourth-order valence-corrected chi connectivity index (χ4v) is 1.97. The molecule has 16 heavy (non-hydrogen) atoms. The van der Waals surface area contributed by atoms with Crippen molar-refractivity contribution in [3.8, 4) is 0 Å². The molecule has 0 radical (unpaired) electrons. The predicted octanol–water partition coefficient (Wildman–Crippen LogP) is 1.85. The van der Waals surface area contributed by atoms with Gasteiger partial charge in [-0.2, -0.15) is 0 Å². The Hall–Kier alpha value is -1.61. The molecule has 0 bridgehead atoms. The van der Waals surface area contributed by atoms with Crippen molar-refractivity contribution in [2.45, 2.75) is 19.9 Å². The lowest BCUT2D eigenvalue weighted by molar-refractivity contribution is -0.111. The van der Waals surface area contributed by atoms with E-state index in [4.69, 9.17) is 0 Å². The molecule has 0 atom stereocenters. The summed E-state index contributed by atoms with van der Waals surface area (Å²) < 4.78 is 0. The highest BCUT2D eigenvalue weighted by Crippen LogP contribution is 2.22. The quantitative estimate of drug-likeness (QED) is 0.741. The highest BCUT2D eigenvalue weighted by Gasteiger charge is 2.12. The highest BCUT2D eigenvalue weighted by molar-refractivity contribution is 5.99. The topological polar surface area (TPSA) is 41.1 Å². The number of allylic oxidation sites excluding steroid dienone is 1. The molecule has 0 saturated carbocycles. The Kier molecular flexibility index (Phi) is 3.37. The van der Waals surface area contributed by atoms with Gasteiger partial charge >= 0.3 is 0 Å². The van der Waals surface area contributed by atoms with Crippen LogP contribution < -0.4 is 10.6 Å². The minimum atomic E-state index is -0.0607. The average molecular weight is 216 g/mol. The Labute approximate surface area is 95.6 Å². The molecule has 1 aromatic rings. The van der Waals surface area contributed by atoms with Crippen LogP contribution in [0.2, 0.25) is 0 Å². The number of hydrogen-bond donors (Lipinski definition) is 2. The van der Waals surface area contributed by atoms with Gasteiger partial charge in [-0.3, -0.25) is 4.79 Å². The number of hydrogen-bond acceptors (Lipinski definition) is 2. The first kappa shape index (κ1) is 10.9. The standard InChI is InChI=1S/C13H16N2O/c1-2-4-13(16)15-12-6-3-5-10-9-14-8-7-11(10)12/h2-6,14H,7-9H2,1H3,(H,15,16)/b4-2+. The number of amides is 1. The molecule has 0 spiro atoms. The zero-order chi connectivity index (χ0) is 11.4. The van der Waals surface area contributed by atoms with Crippen LogP contribution in [0.25, 0.3) is 0 Å². The first-order valence-corrected chi connectivity index (χ1v) is 5.56. The second-order valence-corrected chi connectivity index (χ2v) is 3.86. The van der Waals surface area contributed by atoms with Crippen LogP contribution in [0.3, 0.4) is 0 Å². The Morgan fingerprint density at radius 1 is 1.50 bits per heavy atom. The maximum absolute atomic E-state index is 11.5. The SMILES string of the molecule is C/C=C/C(=O)Nc1cccc2c1CCNC2. The van der Waals surface area contributed by atoms with Crippen molar-refractivity contribution < 1.29 is 4.79 Å². The van der Waals surface area contributed by atoms with Crippen molar-refractivity contribution in [3.63, 3.8) is 0 Å². The number of nitrogens with one attached hydrogen (secondary N) is 2. The fourth-order valence-electron chi connectivity index (χ4n) is 1.97. The third-order valence-corrected chi connectivity index (χ3v) is 2.72. The summed E-state index contributed by atoms with van der Waals surface area (Å²) in [4.78, 5) is 11.5. The molecule has 0 aliphatic carbocycles. The maximum atomic E-state index is 11.5. The summed E-state index contributed by atoms with van der Waals surface area (Å²) in [6, 6.07) is 6.05. The molecule has 1 heterocycles. The lowest BCUT2D eigenvalue weighted by Crippen LogP contribution is -2.25. The molecule has 2 rings (SSSR count). The average Bonchev–Trinajstić information content (AvgIpc) is 2.30. The van der Waals surface area contributed by atoms with E-state index in [-0.39, 0.29) is 5.91 Å². The summed E-state index contributed by atoms with van der Waals surface area (Å²) in [5, 5.41) is 6.24. The van der Waals surface area contributed by atoms with Gasteiger partial charge in [-0.1, -0.05) is 18.2 Å². The largest absolute Gasteiger partial charge is 0.322 e. The smallest absolute Gasteiger partial charge is 0.248 e. The van der Waals surface area contributed by atoms with Gasteiger partial charge in [0.15, 0.2) is 0 Å². The van der Waals surface area contributed by atoms with Crippen molar-refractivity contribution in [2.24, 2.45) is 0 Å². The van der Waals surface area contributed by atoms with Crippen LogP contribution >= 0.6 is 0 Å². The Bertz CT molecular complexity index is 424. The van der Waals surface area contributed by atoms with E-state index >= 15 is 0 Å². The van der Waals surface area contributed by atoms with Crippen molar-refractivity contribution in [1.29, 1.82) is 0 Å². The normalized spacial score (nSPS) is 14.8. The number of carbonyl (C=O) groups is 1. The molecule has 1 amide bonds. The van der Waals surface area contributed by atoms with Crippen LogP contribution in [-0.2, 0) is 17.8 Å². The van der Waals surface area contributed by atoms with E-state index in [9.17, 15) is 4.79 Å². The van der Waals surface area contributed by atoms with Gasteiger partial charge in [0.1, 0.15) is 0 Å². The van der Waals surface area contributed by atoms with Crippen molar-refractivity contribution in [3.05, 3.63) is 41.5 Å². The Morgan fingerprint density at radius 2 is 2.38 bits per heavy atom. The van der Waals surface area contributed by atoms with Gasteiger partial charge in [-0.15, -0.1) is 0 Å². The van der Waals surface area contributed by atoms with Crippen LogP contribution in [-0.4, -0.2) is 12.5 Å². The van der Waals surface area contributed by atoms with Crippen LogP contribution in [0.15, 0.2) is 30.4 Å². The van der Waals surface area contributed by atoms with E-state index in [2.05, 4.69) is 16.7 Å². The number of fused-ring (bicyclic) bond motifs is 1. The molecular weight excluding hydrogens is 200 g/mol. The van der Waals surface area contributed by atoms with Gasteiger partial charge in [0, 0.05) is 12.2 Å². The number of anilines is 1. The van der Waals surface area contributed by atoms with Crippen LogP contribution in [0.5, 0.6) is 0 Å². The summed E-state index contributed by atoms with van der Waals surface area (Å²) >= 11 is 0. The number of rotatable bonds is 2. The summed E-state index contributed by atoms with van der Waals surface area (Å²) in [7, 11) is 0. The van der Waals surface area contributed by atoms with Gasteiger partial charge < -0.3 is 10.6 Å². The van der Waals surface area contributed by atoms with Crippen LogP contribution in [0.4, 0.5) is 5.69 Å². The minimum absolute atomic E-state index is 0.0607. The molecule has 3 nitrogen and oxygen atoms in total. The number of carbonyl (C=O) groups excluding carboxylic acids is 1. The van der Waals surface area contributed by atoms with Gasteiger partial charge in [-0.05, 0) is 43.2 Å². The summed E-state index contributed by atoms with van der Waals surface area (Å²) in [5.41, 5.74) is 3.49. The first-order chi connectivity index (χ1) is 7.81. The van der Waals surface area contributed by atoms with E-state index in [1.54, 1.807) is 12.2 Å². The lowest BCUT2D eigenvalue weighted by atomic mass is 9.99. The molecular formula is C13H16N2O. The third kappa shape index (κ3) is 2.31. The summed E-state index contributed by atoms with van der Waals surface area (Å²) in [6.07, 6.45) is 4.26. The molecule has 1 aliphatic heterocycles. The zero-order valence-electron chi connectivity index (χ0n) is 9.42. The second-order valence-electron chi connectivity index (χ2n) is 3.86. The van der Waals surface area contributed by atoms with E-state index < -0.39 is 0 Å². The van der Waals surface area contributed by atoms with Gasteiger partial charge in [0.05, 0.1) is 0 Å². The molecule has 0 unspecified atom stereocenters. The number of benzene rings is 1. The maximum Gasteiger partial charge on any atom is 0.248 e. The van der Waals surface area contributed by atoms with E-state index in [0.717, 1.165) is 25.2 Å². The van der Waals surface area contributed by atoms with Crippen molar-refractivity contribution in [1.82, 2.24) is 5.32 Å². The zero-order valence-corrected chi connectivity index (χ0v) is 9.42. The van der Waals surface area contributed by atoms with Gasteiger partial charge in [-0.25, -0.2) is 0 Å². The molecule has 2 N–H and O–H groups in total. The Morgan fingerprint density at radius 3 is 3.19 bits per heavy atom. The lowest BCUT2D eigenvalue weighted by Gasteiger charge is -2.20. The molecule has 1 aliphatic rings. The minimum Gasteiger partial charge on any atom is -0.322 e.